The number of hydrogen-bond acceptors (Lipinski definition) is 0. The first-order chi connectivity index (χ1) is 8.69. The van der Waals surface area contributed by atoms with Crippen LogP contribution in [0.5, 0.6) is 0 Å². The minimum Gasteiger partial charge on any atom is -0.0582 e. The monoisotopic (exact) mass is 256 g/mol. The van der Waals surface area contributed by atoms with Crippen LogP contribution in [0.4, 0.5) is 0 Å². The minimum absolute atomic E-state index is 0.262. The van der Waals surface area contributed by atoms with E-state index >= 15 is 0 Å². The van der Waals surface area contributed by atoms with Gasteiger partial charge >= 0.3 is 0 Å². The summed E-state index contributed by atoms with van der Waals surface area (Å²) < 4.78 is 0. The van der Waals surface area contributed by atoms with E-state index in [1.807, 2.05) is 0 Å². The van der Waals surface area contributed by atoms with Gasteiger partial charge in [0, 0.05) is 0 Å². The molecule has 0 atom stereocenters. The summed E-state index contributed by atoms with van der Waals surface area (Å²) in [6.45, 7) is 14.7. The van der Waals surface area contributed by atoms with Crippen molar-refractivity contribution in [1.29, 1.82) is 0 Å². The predicted molar refractivity (Wildman–Crippen MR) is 82.9 cm³/mol. The summed E-state index contributed by atoms with van der Waals surface area (Å²) in [4.78, 5) is 0. The standard InChI is InChI=1S/C19H28/c1-17(2)15-11-13-9-7-8-10-14(13)12-16(15)18(3,4)19(17,5)6/h11-12H,7-10H2,1-6H3. The second-order valence-corrected chi connectivity index (χ2v) is 8.25. The van der Waals surface area contributed by atoms with Gasteiger partial charge in [-0.1, -0.05) is 53.7 Å². The highest BCUT2D eigenvalue weighted by molar-refractivity contribution is 5.53. The molecule has 0 fully saturated rings. The number of fused-ring (bicyclic) bond motifs is 2. The fourth-order valence-electron chi connectivity index (χ4n) is 4.27. The summed E-state index contributed by atoms with van der Waals surface area (Å²) in [6, 6.07) is 5.11. The lowest BCUT2D eigenvalue weighted by atomic mass is 9.59. The van der Waals surface area contributed by atoms with Crippen molar-refractivity contribution in [3.63, 3.8) is 0 Å². The number of benzene rings is 1. The van der Waals surface area contributed by atoms with E-state index in [0.29, 0.717) is 5.41 Å². The van der Waals surface area contributed by atoms with Crippen LogP contribution in [0.2, 0.25) is 0 Å². The van der Waals surface area contributed by atoms with Crippen molar-refractivity contribution in [3.05, 3.63) is 34.4 Å². The van der Waals surface area contributed by atoms with Gasteiger partial charge in [-0.15, -0.1) is 0 Å². The predicted octanol–water partition coefficient (Wildman–Crippen LogP) is 5.16. The molecule has 1 aromatic carbocycles. The molecule has 0 spiro atoms. The molecule has 1 aromatic rings. The van der Waals surface area contributed by atoms with Crippen LogP contribution < -0.4 is 0 Å². The highest BCUT2D eigenvalue weighted by Gasteiger charge is 2.56. The van der Waals surface area contributed by atoms with E-state index in [1.54, 1.807) is 22.3 Å². The quantitative estimate of drug-likeness (QED) is 0.601. The highest BCUT2D eigenvalue weighted by atomic mass is 14.6. The van der Waals surface area contributed by atoms with Gasteiger partial charge < -0.3 is 0 Å². The van der Waals surface area contributed by atoms with E-state index < -0.39 is 0 Å². The molecule has 0 heterocycles. The van der Waals surface area contributed by atoms with E-state index in [-0.39, 0.29) is 10.8 Å². The summed E-state index contributed by atoms with van der Waals surface area (Å²) in [7, 11) is 0. The van der Waals surface area contributed by atoms with Gasteiger partial charge in [0.05, 0.1) is 0 Å². The molecule has 0 saturated heterocycles. The van der Waals surface area contributed by atoms with Crippen LogP contribution >= 0.6 is 0 Å². The average Bonchev–Trinajstić information content (AvgIpc) is 2.45. The molecule has 0 radical (unpaired) electrons. The van der Waals surface area contributed by atoms with Crippen molar-refractivity contribution in [2.24, 2.45) is 5.41 Å². The first kappa shape index (κ1) is 13.2. The zero-order valence-corrected chi connectivity index (χ0v) is 13.5. The van der Waals surface area contributed by atoms with Crippen LogP contribution in [0.25, 0.3) is 0 Å². The van der Waals surface area contributed by atoms with E-state index in [1.165, 1.54) is 25.7 Å². The van der Waals surface area contributed by atoms with Gasteiger partial charge in [0.2, 0.25) is 0 Å². The average molecular weight is 256 g/mol. The molecule has 0 N–H and O–H groups in total. The maximum atomic E-state index is 2.56. The normalized spacial score (nSPS) is 25.8. The van der Waals surface area contributed by atoms with Gasteiger partial charge in [-0.2, -0.15) is 0 Å². The largest absolute Gasteiger partial charge is 0.0582 e. The Kier molecular flexibility index (Phi) is 2.54. The molecule has 3 rings (SSSR count). The molecule has 0 amide bonds. The van der Waals surface area contributed by atoms with Gasteiger partial charge in [-0.05, 0) is 64.2 Å². The molecule has 0 saturated carbocycles. The Morgan fingerprint density at radius 2 is 1.05 bits per heavy atom. The number of hydrogen-bond donors (Lipinski definition) is 0. The molecule has 2 aliphatic rings. The highest BCUT2D eigenvalue weighted by Crippen LogP contribution is 2.61. The Bertz CT molecular complexity index is 482. The summed E-state index contributed by atoms with van der Waals surface area (Å²) in [5, 5.41) is 0. The maximum Gasteiger partial charge on any atom is -0.00411 e. The van der Waals surface area contributed by atoms with Gasteiger partial charge in [0.15, 0.2) is 0 Å². The van der Waals surface area contributed by atoms with Crippen molar-refractivity contribution >= 4 is 0 Å². The molecule has 0 bridgehead atoms. The molecule has 0 aromatic heterocycles. The van der Waals surface area contributed by atoms with Gasteiger partial charge in [-0.3, -0.25) is 0 Å². The van der Waals surface area contributed by atoms with Crippen molar-refractivity contribution in [3.8, 4) is 0 Å². The first-order valence-corrected chi connectivity index (χ1v) is 7.86. The first-order valence-electron chi connectivity index (χ1n) is 7.86. The lowest BCUT2D eigenvalue weighted by Gasteiger charge is -2.44. The zero-order valence-electron chi connectivity index (χ0n) is 13.5. The third-order valence-corrected chi connectivity index (χ3v) is 6.95. The third-order valence-electron chi connectivity index (χ3n) is 6.95. The van der Waals surface area contributed by atoms with E-state index in [9.17, 15) is 0 Å². The molecular formula is C19H28. The Labute approximate surface area is 118 Å². The van der Waals surface area contributed by atoms with Crippen LogP contribution in [0.15, 0.2) is 12.1 Å². The fourth-order valence-corrected chi connectivity index (χ4v) is 4.27. The number of rotatable bonds is 0. The summed E-state index contributed by atoms with van der Waals surface area (Å²) in [5.74, 6) is 0. The Balaban J connectivity index is 2.28. The second-order valence-electron chi connectivity index (χ2n) is 8.25. The molecule has 0 nitrogen and oxygen atoms in total. The lowest BCUT2D eigenvalue weighted by molar-refractivity contribution is 0.125. The van der Waals surface area contributed by atoms with Crippen molar-refractivity contribution in [2.75, 3.05) is 0 Å². The second kappa shape index (κ2) is 3.65. The fraction of sp³-hybridized carbons (Fsp3) is 0.684. The molecule has 2 aliphatic carbocycles. The van der Waals surface area contributed by atoms with Crippen molar-refractivity contribution in [2.45, 2.75) is 78.1 Å². The smallest absolute Gasteiger partial charge is 0.00411 e. The topological polar surface area (TPSA) is 0 Å². The number of aryl methyl sites for hydroxylation is 2. The van der Waals surface area contributed by atoms with E-state index in [2.05, 4.69) is 53.7 Å². The molecule has 104 valence electrons. The Hall–Kier alpha value is -0.780. The van der Waals surface area contributed by atoms with E-state index in [0.717, 1.165) is 0 Å². The molecule has 0 aliphatic heterocycles. The van der Waals surface area contributed by atoms with Gasteiger partial charge in [0.1, 0.15) is 0 Å². The third kappa shape index (κ3) is 1.46. The van der Waals surface area contributed by atoms with Crippen LogP contribution in [-0.4, -0.2) is 0 Å². The van der Waals surface area contributed by atoms with Crippen LogP contribution in [-0.2, 0) is 23.7 Å². The molecule has 0 heteroatoms. The summed E-state index contributed by atoms with van der Waals surface area (Å²) in [5.41, 5.74) is 7.31. The van der Waals surface area contributed by atoms with Crippen LogP contribution in [0.3, 0.4) is 0 Å². The molecular weight excluding hydrogens is 228 g/mol. The molecule has 0 unspecified atom stereocenters. The minimum atomic E-state index is 0.262. The van der Waals surface area contributed by atoms with Crippen LogP contribution in [0, 0.1) is 5.41 Å². The summed E-state index contributed by atoms with van der Waals surface area (Å²) in [6.07, 6.45) is 5.33. The zero-order chi connectivity index (χ0) is 14.1. The SMILES string of the molecule is CC1(C)c2cc3c(cc2C(C)(C)C1(C)C)CCCC3. The summed E-state index contributed by atoms with van der Waals surface area (Å²) >= 11 is 0. The van der Waals surface area contributed by atoms with Crippen LogP contribution in [0.1, 0.15) is 76.6 Å². The molecule has 19 heavy (non-hydrogen) atoms. The van der Waals surface area contributed by atoms with Gasteiger partial charge in [-0.25, -0.2) is 0 Å². The maximum absolute atomic E-state index is 2.56. The van der Waals surface area contributed by atoms with Gasteiger partial charge in [0.25, 0.3) is 0 Å². The van der Waals surface area contributed by atoms with E-state index in [4.69, 9.17) is 0 Å². The lowest BCUT2D eigenvalue weighted by Crippen LogP contribution is -2.42. The Morgan fingerprint density at radius 1 is 0.684 bits per heavy atom. The Morgan fingerprint density at radius 3 is 1.42 bits per heavy atom. The van der Waals surface area contributed by atoms with Crippen molar-refractivity contribution < 1.29 is 0 Å². The van der Waals surface area contributed by atoms with Crippen molar-refractivity contribution in [1.82, 2.24) is 0 Å².